The van der Waals surface area contributed by atoms with Crippen molar-refractivity contribution >= 4 is 56.8 Å². The van der Waals surface area contributed by atoms with Gasteiger partial charge in [0.15, 0.2) is 0 Å². The third kappa shape index (κ3) is 4.03. The summed E-state index contributed by atoms with van der Waals surface area (Å²) in [6.45, 7) is 0. The van der Waals surface area contributed by atoms with Crippen molar-refractivity contribution in [2.24, 2.45) is 0 Å². The Bertz CT molecular complexity index is 1350. The van der Waals surface area contributed by atoms with Gasteiger partial charge in [0.05, 0.1) is 21.3 Å². The maximum atomic E-state index is 12.3. The van der Waals surface area contributed by atoms with E-state index in [1.54, 1.807) is 41.8 Å². The van der Waals surface area contributed by atoms with Gasteiger partial charge in [-0.25, -0.2) is 9.78 Å². The molecule has 142 valence electrons. The minimum absolute atomic E-state index is 0.317. The van der Waals surface area contributed by atoms with E-state index in [1.807, 2.05) is 12.1 Å². The number of allylic oxidation sites excluding steroid dienone is 1. The lowest BCUT2D eigenvalue weighted by molar-refractivity contribution is 0.563. The molecule has 1 N–H and O–H groups in total. The van der Waals surface area contributed by atoms with Crippen LogP contribution in [0.25, 0.3) is 27.8 Å². The molecule has 0 fully saturated rings. The molecule has 0 radical (unpaired) electrons. The molecule has 29 heavy (non-hydrogen) atoms. The smallest absolute Gasteiger partial charge is 0.345 e. The van der Waals surface area contributed by atoms with Crippen molar-refractivity contribution in [1.29, 1.82) is 5.26 Å². The maximum absolute atomic E-state index is 12.3. The third-order valence-corrected chi connectivity index (χ3v) is 5.69. The van der Waals surface area contributed by atoms with E-state index in [4.69, 9.17) is 27.6 Å². The molecule has 0 aliphatic heterocycles. The number of rotatable bonds is 4. The van der Waals surface area contributed by atoms with Crippen LogP contribution in [0.4, 0.5) is 5.69 Å². The van der Waals surface area contributed by atoms with Crippen LogP contribution in [0.15, 0.2) is 69.3 Å². The first-order valence-corrected chi connectivity index (χ1v) is 10.00. The Hall–Kier alpha value is -3.11. The minimum Gasteiger partial charge on any atom is -0.422 e. The Kier molecular flexibility index (Phi) is 5.36. The second kappa shape index (κ2) is 8.10. The molecule has 4 aromatic rings. The van der Waals surface area contributed by atoms with Gasteiger partial charge in [-0.3, -0.25) is 0 Å². The van der Waals surface area contributed by atoms with Crippen molar-refractivity contribution in [2.45, 2.75) is 0 Å². The third-order valence-electron chi connectivity index (χ3n) is 4.08. The lowest BCUT2D eigenvalue weighted by Crippen LogP contribution is -2.02. The number of nitrogens with zero attached hydrogens (tertiary/aromatic N) is 2. The number of nitrogens with one attached hydrogen (secondary N) is 1. The van der Waals surface area contributed by atoms with E-state index in [1.165, 1.54) is 17.5 Å². The van der Waals surface area contributed by atoms with Gasteiger partial charge in [0.2, 0.25) is 0 Å². The largest absolute Gasteiger partial charge is 0.422 e. The average Bonchev–Trinajstić information content (AvgIpc) is 3.20. The molecule has 5 nitrogen and oxygen atoms in total. The van der Waals surface area contributed by atoms with Crippen LogP contribution in [0, 0.1) is 11.3 Å². The molecule has 0 aliphatic rings. The molecule has 0 bridgehead atoms. The average molecular weight is 440 g/mol. The van der Waals surface area contributed by atoms with Crippen molar-refractivity contribution in [3.05, 3.63) is 85.6 Å². The van der Waals surface area contributed by atoms with Crippen molar-refractivity contribution in [3.8, 4) is 17.3 Å². The highest BCUT2D eigenvalue weighted by Crippen LogP contribution is 2.28. The molecule has 0 atom stereocenters. The molecule has 2 aromatic carbocycles. The van der Waals surface area contributed by atoms with E-state index in [2.05, 4.69) is 16.4 Å². The summed E-state index contributed by atoms with van der Waals surface area (Å²) in [7, 11) is 0. The summed E-state index contributed by atoms with van der Waals surface area (Å²) in [5.41, 5.74) is 1.84. The van der Waals surface area contributed by atoms with Gasteiger partial charge in [-0.2, -0.15) is 5.26 Å². The zero-order valence-electron chi connectivity index (χ0n) is 14.6. The number of benzene rings is 2. The molecule has 2 heterocycles. The number of fused-ring (bicyclic) bond motifs is 1. The number of hydrogen-bond donors (Lipinski definition) is 1. The molecular weight excluding hydrogens is 429 g/mol. The molecule has 0 amide bonds. The molecule has 0 spiro atoms. The number of para-hydroxylation sites is 1. The molecule has 0 saturated heterocycles. The zero-order valence-corrected chi connectivity index (χ0v) is 17.0. The first-order valence-electron chi connectivity index (χ1n) is 8.36. The van der Waals surface area contributed by atoms with Crippen LogP contribution in [0.2, 0.25) is 10.0 Å². The number of halogens is 2. The highest BCUT2D eigenvalue weighted by molar-refractivity contribution is 7.11. The van der Waals surface area contributed by atoms with Gasteiger partial charge in [-0.15, -0.1) is 11.3 Å². The summed E-state index contributed by atoms with van der Waals surface area (Å²) >= 11 is 13.2. The van der Waals surface area contributed by atoms with Gasteiger partial charge in [-0.1, -0.05) is 41.4 Å². The molecular formula is C21H11Cl2N3O2S. The van der Waals surface area contributed by atoms with Crippen molar-refractivity contribution in [1.82, 2.24) is 4.98 Å². The fraction of sp³-hybridized carbons (Fsp3) is 0. The Balaban J connectivity index is 1.65. The van der Waals surface area contributed by atoms with Gasteiger partial charge in [0.1, 0.15) is 22.2 Å². The SMILES string of the molecule is N#C/C(=C\Nc1ccc(Cl)c(Cl)c1)c1nc(-c2cc3ccccc3oc2=O)cs1. The van der Waals surface area contributed by atoms with Crippen LogP contribution in [0.5, 0.6) is 0 Å². The van der Waals surface area contributed by atoms with Gasteiger partial charge in [0.25, 0.3) is 0 Å². The van der Waals surface area contributed by atoms with E-state index in [0.717, 1.165) is 5.39 Å². The highest BCUT2D eigenvalue weighted by Gasteiger charge is 2.13. The Labute approximate surface area is 179 Å². The second-order valence-corrected chi connectivity index (χ2v) is 7.64. The van der Waals surface area contributed by atoms with Crippen LogP contribution >= 0.6 is 34.5 Å². The molecule has 4 rings (SSSR count). The fourth-order valence-corrected chi connectivity index (χ4v) is 3.73. The number of hydrogen-bond acceptors (Lipinski definition) is 6. The van der Waals surface area contributed by atoms with Gasteiger partial charge in [0, 0.05) is 22.7 Å². The van der Waals surface area contributed by atoms with Gasteiger partial charge < -0.3 is 9.73 Å². The summed E-state index contributed by atoms with van der Waals surface area (Å²) in [6, 6.07) is 16.2. The topological polar surface area (TPSA) is 78.9 Å². The lowest BCUT2D eigenvalue weighted by Gasteiger charge is -2.03. The van der Waals surface area contributed by atoms with E-state index >= 15 is 0 Å². The van der Waals surface area contributed by atoms with Crippen LogP contribution in [0.1, 0.15) is 5.01 Å². The Morgan fingerprint density at radius 3 is 2.79 bits per heavy atom. The van der Waals surface area contributed by atoms with E-state index in [9.17, 15) is 10.1 Å². The number of thiazole rings is 1. The van der Waals surface area contributed by atoms with E-state index < -0.39 is 5.63 Å². The summed E-state index contributed by atoms with van der Waals surface area (Å²) in [6.07, 6.45) is 1.53. The molecule has 0 aliphatic carbocycles. The van der Waals surface area contributed by atoms with Crippen molar-refractivity contribution in [3.63, 3.8) is 0 Å². The summed E-state index contributed by atoms with van der Waals surface area (Å²) in [5, 5.41) is 16.4. The normalized spacial score (nSPS) is 11.4. The van der Waals surface area contributed by atoms with Crippen LogP contribution in [0.3, 0.4) is 0 Å². The molecule has 8 heteroatoms. The Morgan fingerprint density at radius 2 is 2.00 bits per heavy atom. The molecule has 0 saturated carbocycles. The minimum atomic E-state index is -0.475. The summed E-state index contributed by atoms with van der Waals surface area (Å²) in [5.74, 6) is 0. The van der Waals surface area contributed by atoms with Gasteiger partial charge in [-0.05, 0) is 30.3 Å². The monoisotopic (exact) mass is 439 g/mol. The van der Waals surface area contributed by atoms with Crippen molar-refractivity contribution < 1.29 is 4.42 Å². The first-order chi connectivity index (χ1) is 14.0. The highest BCUT2D eigenvalue weighted by atomic mass is 35.5. The van der Waals surface area contributed by atoms with E-state index in [-0.39, 0.29) is 0 Å². The number of nitriles is 1. The number of anilines is 1. The standard InChI is InChI=1S/C21H11Cl2N3O2S/c22-16-6-5-14(8-17(16)23)25-10-13(9-24)20-26-18(11-29-20)15-7-12-3-1-2-4-19(12)28-21(15)27/h1-8,10-11,25H/b13-10+. The predicted molar refractivity (Wildman–Crippen MR) is 117 cm³/mol. The van der Waals surface area contributed by atoms with Gasteiger partial charge >= 0.3 is 5.63 Å². The van der Waals surface area contributed by atoms with Crippen LogP contribution < -0.4 is 10.9 Å². The predicted octanol–water partition coefficient (Wildman–Crippen LogP) is 6.20. The lowest BCUT2D eigenvalue weighted by atomic mass is 10.1. The quantitative estimate of drug-likeness (QED) is 0.302. The summed E-state index contributed by atoms with van der Waals surface area (Å²) in [4.78, 5) is 16.8. The second-order valence-electron chi connectivity index (χ2n) is 5.97. The van der Waals surface area contributed by atoms with Crippen LogP contribution in [-0.4, -0.2) is 4.98 Å². The first kappa shape index (κ1) is 19.2. The summed E-state index contributed by atoms with van der Waals surface area (Å²) < 4.78 is 5.36. The number of aromatic nitrogens is 1. The molecule has 2 aromatic heterocycles. The zero-order chi connectivity index (χ0) is 20.4. The van der Waals surface area contributed by atoms with E-state index in [0.29, 0.717) is 43.2 Å². The maximum Gasteiger partial charge on any atom is 0.345 e. The van der Waals surface area contributed by atoms with Crippen LogP contribution in [-0.2, 0) is 0 Å². The fourth-order valence-electron chi connectivity index (χ4n) is 2.64. The Morgan fingerprint density at radius 1 is 1.17 bits per heavy atom. The molecule has 0 unspecified atom stereocenters. The van der Waals surface area contributed by atoms with Crippen molar-refractivity contribution in [2.75, 3.05) is 5.32 Å².